The molecule has 2 rings (SSSR count). The molecular weight excluding hydrogens is 254 g/mol. The first-order valence-electron chi connectivity index (χ1n) is 5.41. The van der Waals surface area contributed by atoms with Gasteiger partial charge in [-0.3, -0.25) is 14.5 Å². The normalized spacial score (nSPS) is 19.3. The molecule has 1 unspecified atom stereocenters. The van der Waals surface area contributed by atoms with Gasteiger partial charge >= 0.3 is 0 Å². The Balaban J connectivity index is 2.18. The van der Waals surface area contributed by atoms with Gasteiger partial charge in [0.15, 0.2) is 5.12 Å². The van der Waals surface area contributed by atoms with Gasteiger partial charge in [-0.1, -0.05) is 11.8 Å². The lowest BCUT2D eigenvalue weighted by atomic mass is 10.4. The van der Waals surface area contributed by atoms with E-state index in [0.29, 0.717) is 18.8 Å². The lowest BCUT2D eigenvalue weighted by molar-refractivity contribution is -0.117. The topological polar surface area (TPSA) is 102 Å². The van der Waals surface area contributed by atoms with Gasteiger partial charge in [0.05, 0.1) is 0 Å². The zero-order valence-corrected chi connectivity index (χ0v) is 10.9. The molecule has 1 saturated heterocycles. The van der Waals surface area contributed by atoms with E-state index in [4.69, 9.17) is 5.73 Å². The third-order valence-corrected chi connectivity index (χ3v) is 3.40. The highest BCUT2D eigenvalue weighted by molar-refractivity contribution is 8.14. The Bertz CT molecular complexity index is 487. The SMILES string of the molecule is CC(=O)SC1CC(=O)N(c2nc(C)nc(N)n2)C1. The average Bonchev–Trinajstić information content (AvgIpc) is 2.56. The van der Waals surface area contributed by atoms with Crippen LogP contribution in [-0.4, -0.2) is 37.8 Å². The Hall–Kier alpha value is -1.70. The molecule has 1 aromatic heterocycles. The van der Waals surface area contributed by atoms with Crippen molar-refractivity contribution < 1.29 is 9.59 Å². The van der Waals surface area contributed by atoms with E-state index in [1.54, 1.807) is 6.92 Å². The largest absolute Gasteiger partial charge is 0.368 e. The number of aromatic nitrogens is 3. The highest BCUT2D eigenvalue weighted by Crippen LogP contribution is 2.26. The molecule has 18 heavy (non-hydrogen) atoms. The second-order valence-corrected chi connectivity index (χ2v) is 5.46. The van der Waals surface area contributed by atoms with Crippen molar-refractivity contribution in [2.45, 2.75) is 25.5 Å². The van der Waals surface area contributed by atoms with Crippen molar-refractivity contribution in [1.82, 2.24) is 15.0 Å². The van der Waals surface area contributed by atoms with Crippen LogP contribution in [0.5, 0.6) is 0 Å². The Labute approximate surface area is 108 Å². The summed E-state index contributed by atoms with van der Waals surface area (Å²) in [5.74, 6) is 0.719. The van der Waals surface area contributed by atoms with Crippen LogP contribution in [0.3, 0.4) is 0 Å². The maximum Gasteiger partial charge on any atom is 0.237 e. The van der Waals surface area contributed by atoms with Crippen molar-refractivity contribution in [1.29, 1.82) is 0 Å². The maximum atomic E-state index is 11.8. The number of anilines is 2. The lowest BCUT2D eigenvalue weighted by Gasteiger charge is -2.14. The summed E-state index contributed by atoms with van der Waals surface area (Å²) in [6.07, 6.45) is 0.314. The molecule has 1 amide bonds. The first-order chi connectivity index (χ1) is 8.45. The molecule has 1 fully saturated rings. The van der Waals surface area contributed by atoms with Crippen LogP contribution < -0.4 is 10.6 Å². The minimum absolute atomic E-state index is 0.000918. The molecule has 96 valence electrons. The van der Waals surface area contributed by atoms with Crippen LogP contribution in [0.1, 0.15) is 19.2 Å². The fraction of sp³-hybridized carbons (Fsp3) is 0.500. The molecule has 0 saturated carbocycles. The molecule has 8 heteroatoms. The third kappa shape index (κ3) is 2.76. The first kappa shape index (κ1) is 12.7. The van der Waals surface area contributed by atoms with Gasteiger partial charge in [0.25, 0.3) is 0 Å². The van der Waals surface area contributed by atoms with Crippen molar-refractivity contribution in [2.75, 3.05) is 17.2 Å². The van der Waals surface area contributed by atoms with Crippen molar-refractivity contribution in [3.63, 3.8) is 0 Å². The van der Waals surface area contributed by atoms with Crippen molar-refractivity contribution >= 4 is 34.7 Å². The van der Waals surface area contributed by atoms with E-state index in [0.717, 1.165) is 0 Å². The number of nitrogens with two attached hydrogens (primary N) is 1. The number of carbonyl (C=O) groups excluding carboxylic acids is 2. The van der Waals surface area contributed by atoms with Gasteiger partial charge in [0.2, 0.25) is 17.8 Å². The zero-order chi connectivity index (χ0) is 13.3. The number of amides is 1. The minimum Gasteiger partial charge on any atom is -0.368 e. The predicted molar refractivity (Wildman–Crippen MR) is 68.0 cm³/mol. The van der Waals surface area contributed by atoms with Crippen LogP contribution in [0.25, 0.3) is 0 Å². The molecule has 1 aliphatic rings. The van der Waals surface area contributed by atoms with Crippen LogP contribution in [0.15, 0.2) is 0 Å². The molecule has 2 heterocycles. The van der Waals surface area contributed by atoms with Gasteiger partial charge in [-0.25, -0.2) is 0 Å². The quantitative estimate of drug-likeness (QED) is 0.813. The summed E-state index contributed by atoms with van der Waals surface area (Å²) in [6.45, 7) is 3.60. The van der Waals surface area contributed by atoms with Gasteiger partial charge in [0, 0.05) is 25.1 Å². The summed E-state index contributed by atoms with van der Waals surface area (Å²) in [4.78, 5) is 36.2. The number of carbonyl (C=O) groups is 2. The van der Waals surface area contributed by atoms with Crippen molar-refractivity contribution in [3.05, 3.63) is 5.82 Å². The number of aryl methyl sites for hydroxylation is 1. The summed E-state index contributed by atoms with van der Waals surface area (Å²) in [6, 6.07) is 0. The molecule has 1 aliphatic heterocycles. The number of thioether (sulfide) groups is 1. The molecular formula is C10H13N5O2S. The fourth-order valence-electron chi connectivity index (χ4n) is 1.79. The summed E-state index contributed by atoms with van der Waals surface area (Å²) in [5, 5.41) is -0.0470. The minimum atomic E-state index is -0.0984. The van der Waals surface area contributed by atoms with Crippen molar-refractivity contribution in [3.8, 4) is 0 Å². The van der Waals surface area contributed by atoms with Gasteiger partial charge < -0.3 is 5.73 Å². The standard InChI is InChI=1S/C10H13N5O2S/c1-5-12-9(11)14-10(13-5)15-4-7(3-8(15)17)18-6(2)16/h7H,3-4H2,1-2H3,(H2,11,12,13,14). The fourth-order valence-corrected chi connectivity index (χ4v) is 2.71. The predicted octanol–water partition coefficient (Wildman–Crippen LogP) is 0.147. The van der Waals surface area contributed by atoms with E-state index < -0.39 is 0 Å². The molecule has 7 nitrogen and oxygen atoms in total. The van der Waals surface area contributed by atoms with E-state index >= 15 is 0 Å². The number of nitrogen functional groups attached to an aromatic ring is 1. The number of rotatable bonds is 2. The molecule has 2 N–H and O–H groups in total. The summed E-state index contributed by atoms with van der Waals surface area (Å²) in [5.41, 5.74) is 5.53. The highest BCUT2D eigenvalue weighted by Gasteiger charge is 2.33. The summed E-state index contributed by atoms with van der Waals surface area (Å²) in [7, 11) is 0. The van der Waals surface area contributed by atoms with Gasteiger partial charge in [-0.2, -0.15) is 15.0 Å². The second-order valence-electron chi connectivity index (χ2n) is 3.98. The van der Waals surface area contributed by atoms with Crippen LogP contribution in [0.4, 0.5) is 11.9 Å². The van der Waals surface area contributed by atoms with Crippen molar-refractivity contribution in [2.24, 2.45) is 0 Å². The Morgan fingerprint density at radius 3 is 2.78 bits per heavy atom. The lowest BCUT2D eigenvalue weighted by Crippen LogP contribution is -2.27. The molecule has 0 bridgehead atoms. The summed E-state index contributed by atoms with van der Waals surface area (Å²) >= 11 is 1.17. The summed E-state index contributed by atoms with van der Waals surface area (Å²) < 4.78 is 0. The molecule has 0 aromatic carbocycles. The van der Waals surface area contributed by atoms with Crippen LogP contribution in [-0.2, 0) is 9.59 Å². The van der Waals surface area contributed by atoms with E-state index in [1.807, 2.05) is 0 Å². The molecule has 0 radical (unpaired) electrons. The molecule has 0 aliphatic carbocycles. The van der Waals surface area contributed by atoms with E-state index in [1.165, 1.54) is 23.6 Å². The zero-order valence-electron chi connectivity index (χ0n) is 10.1. The number of nitrogens with zero attached hydrogens (tertiary/aromatic N) is 4. The van der Waals surface area contributed by atoms with Gasteiger partial charge in [-0.15, -0.1) is 0 Å². The second kappa shape index (κ2) is 4.89. The van der Waals surface area contributed by atoms with Crippen LogP contribution in [0, 0.1) is 6.92 Å². The van der Waals surface area contributed by atoms with Crippen LogP contribution in [0.2, 0.25) is 0 Å². The highest BCUT2D eigenvalue weighted by atomic mass is 32.2. The van der Waals surface area contributed by atoms with E-state index in [2.05, 4.69) is 15.0 Å². The van der Waals surface area contributed by atoms with E-state index in [-0.39, 0.29) is 28.2 Å². The maximum absolute atomic E-state index is 11.8. The monoisotopic (exact) mass is 267 g/mol. The smallest absolute Gasteiger partial charge is 0.237 e. The average molecular weight is 267 g/mol. The molecule has 0 spiro atoms. The molecule has 1 atom stereocenters. The Morgan fingerprint density at radius 1 is 1.44 bits per heavy atom. The van der Waals surface area contributed by atoms with Crippen LogP contribution >= 0.6 is 11.8 Å². The van der Waals surface area contributed by atoms with Gasteiger partial charge in [0.1, 0.15) is 5.82 Å². The number of hydrogen-bond acceptors (Lipinski definition) is 7. The number of hydrogen-bond donors (Lipinski definition) is 1. The molecule has 1 aromatic rings. The van der Waals surface area contributed by atoms with Gasteiger partial charge in [-0.05, 0) is 6.92 Å². The van der Waals surface area contributed by atoms with E-state index in [9.17, 15) is 9.59 Å². The Morgan fingerprint density at radius 2 is 2.17 bits per heavy atom. The first-order valence-corrected chi connectivity index (χ1v) is 6.29. The third-order valence-electron chi connectivity index (χ3n) is 2.42. The Kier molecular flexibility index (Phi) is 3.46.